The van der Waals surface area contributed by atoms with Gasteiger partial charge in [0.25, 0.3) is 0 Å². The molecule has 120 valence electrons. The van der Waals surface area contributed by atoms with Crippen LogP contribution in [-0.2, 0) is 14.3 Å². The van der Waals surface area contributed by atoms with Gasteiger partial charge in [-0.15, -0.1) is 0 Å². The van der Waals surface area contributed by atoms with Gasteiger partial charge in [-0.05, 0) is 43.4 Å². The predicted octanol–water partition coefficient (Wildman–Crippen LogP) is 2.73. The van der Waals surface area contributed by atoms with E-state index in [0.717, 1.165) is 37.9 Å². The van der Waals surface area contributed by atoms with Gasteiger partial charge in [0.15, 0.2) is 0 Å². The molecule has 1 N–H and O–H groups in total. The molecule has 2 fully saturated rings. The molecule has 1 amide bonds. The monoisotopic (exact) mass is 307 g/mol. The van der Waals surface area contributed by atoms with Crippen LogP contribution in [0, 0.1) is 5.82 Å². The van der Waals surface area contributed by atoms with Crippen molar-refractivity contribution in [2.75, 3.05) is 13.2 Å². The number of nitrogens with one attached hydrogen (secondary N) is 1. The Balaban J connectivity index is 1.67. The Bertz CT molecular complexity index is 493. The second-order valence-electron chi connectivity index (χ2n) is 5.99. The molecule has 22 heavy (non-hydrogen) atoms. The minimum Gasteiger partial charge on any atom is -0.378 e. The summed E-state index contributed by atoms with van der Waals surface area (Å²) in [7, 11) is 0. The van der Waals surface area contributed by atoms with Crippen LogP contribution in [-0.4, -0.2) is 31.3 Å². The molecule has 2 heterocycles. The van der Waals surface area contributed by atoms with E-state index >= 15 is 0 Å². The number of ether oxygens (including phenoxy) is 2. The van der Waals surface area contributed by atoms with Gasteiger partial charge in [-0.1, -0.05) is 12.1 Å². The third-order valence-electron chi connectivity index (χ3n) is 4.32. The molecule has 2 aliphatic rings. The lowest BCUT2D eigenvalue weighted by atomic mass is 9.98. The van der Waals surface area contributed by atoms with Gasteiger partial charge in [0.2, 0.25) is 5.91 Å². The predicted molar refractivity (Wildman–Crippen MR) is 79.8 cm³/mol. The van der Waals surface area contributed by atoms with Crippen LogP contribution < -0.4 is 5.32 Å². The molecule has 3 unspecified atom stereocenters. The summed E-state index contributed by atoms with van der Waals surface area (Å²) in [5.74, 6) is -0.308. The number of benzene rings is 1. The molecule has 1 aromatic rings. The highest BCUT2D eigenvalue weighted by Crippen LogP contribution is 2.27. The summed E-state index contributed by atoms with van der Waals surface area (Å²) in [5.41, 5.74) is 0.883. The number of rotatable bonds is 5. The quantitative estimate of drug-likeness (QED) is 0.910. The van der Waals surface area contributed by atoms with E-state index in [1.165, 1.54) is 12.1 Å². The Labute approximate surface area is 130 Å². The molecule has 5 heteroatoms. The van der Waals surface area contributed by atoms with E-state index < -0.39 is 0 Å². The molecule has 3 atom stereocenters. The van der Waals surface area contributed by atoms with Crippen molar-refractivity contribution in [1.82, 2.24) is 5.32 Å². The van der Waals surface area contributed by atoms with E-state index in [2.05, 4.69) is 5.32 Å². The van der Waals surface area contributed by atoms with Crippen molar-refractivity contribution in [3.63, 3.8) is 0 Å². The van der Waals surface area contributed by atoms with Crippen molar-refractivity contribution in [1.29, 1.82) is 0 Å². The second kappa shape index (κ2) is 7.20. The first-order valence-electron chi connectivity index (χ1n) is 8.00. The molecular formula is C17H22FNO3. The Kier molecular flexibility index (Phi) is 5.05. The minimum atomic E-state index is -0.277. The first-order chi connectivity index (χ1) is 10.7. The number of halogens is 1. The van der Waals surface area contributed by atoms with Crippen LogP contribution in [0.4, 0.5) is 4.39 Å². The Morgan fingerprint density at radius 1 is 1.18 bits per heavy atom. The fraction of sp³-hybridized carbons (Fsp3) is 0.588. The fourth-order valence-corrected chi connectivity index (χ4v) is 3.17. The van der Waals surface area contributed by atoms with Crippen molar-refractivity contribution in [2.45, 2.75) is 50.4 Å². The SMILES string of the molecule is O=C(CC1CCCO1)NC(c1ccc(F)cc1)C1CCCO1. The zero-order valence-electron chi connectivity index (χ0n) is 12.6. The summed E-state index contributed by atoms with van der Waals surface area (Å²) in [5, 5.41) is 3.06. The number of hydrogen-bond acceptors (Lipinski definition) is 3. The smallest absolute Gasteiger partial charge is 0.223 e. The van der Waals surface area contributed by atoms with Gasteiger partial charge in [-0.3, -0.25) is 4.79 Å². The Morgan fingerprint density at radius 2 is 1.91 bits per heavy atom. The maximum Gasteiger partial charge on any atom is 0.223 e. The third kappa shape index (κ3) is 3.84. The number of hydrogen-bond donors (Lipinski definition) is 1. The van der Waals surface area contributed by atoms with Crippen LogP contribution in [0.15, 0.2) is 24.3 Å². The maximum absolute atomic E-state index is 13.1. The van der Waals surface area contributed by atoms with E-state index in [1.807, 2.05) is 0 Å². The molecule has 2 aliphatic heterocycles. The van der Waals surface area contributed by atoms with Gasteiger partial charge in [0.05, 0.1) is 24.7 Å². The van der Waals surface area contributed by atoms with Gasteiger partial charge in [0, 0.05) is 13.2 Å². The van der Waals surface area contributed by atoms with E-state index in [-0.39, 0.29) is 30.0 Å². The summed E-state index contributed by atoms with van der Waals surface area (Å²) in [6.45, 7) is 1.45. The van der Waals surface area contributed by atoms with Gasteiger partial charge >= 0.3 is 0 Å². The molecule has 0 radical (unpaired) electrons. The molecular weight excluding hydrogens is 285 g/mol. The molecule has 0 aliphatic carbocycles. The normalized spacial score (nSPS) is 26.0. The van der Waals surface area contributed by atoms with Crippen LogP contribution in [0.3, 0.4) is 0 Å². The van der Waals surface area contributed by atoms with Gasteiger partial charge in [-0.25, -0.2) is 4.39 Å². The summed E-state index contributed by atoms with van der Waals surface area (Å²) in [6.07, 6.45) is 4.22. The summed E-state index contributed by atoms with van der Waals surface area (Å²) < 4.78 is 24.4. The zero-order valence-corrected chi connectivity index (χ0v) is 12.6. The van der Waals surface area contributed by atoms with Crippen molar-refractivity contribution >= 4 is 5.91 Å². The molecule has 0 bridgehead atoms. The molecule has 4 nitrogen and oxygen atoms in total. The standard InChI is InChI=1S/C17H22FNO3/c18-13-7-5-12(6-8-13)17(15-4-2-10-22-15)19-16(20)11-14-3-1-9-21-14/h5-8,14-15,17H,1-4,9-11H2,(H,19,20). The van der Waals surface area contributed by atoms with Crippen LogP contribution in [0.5, 0.6) is 0 Å². The highest BCUT2D eigenvalue weighted by molar-refractivity contribution is 5.77. The summed E-state index contributed by atoms with van der Waals surface area (Å²) >= 11 is 0. The fourth-order valence-electron chi connectivity index (χ4n) is 3.17. The number of amides is 1. The van der Waals surface area contributed by atoms with Gasteiger partial charge in [-0.2, -0.15) is 0 Å². The molecule has 1 aromatic carbocycles. The van der Waals surface area contributed by atoms with Crippen LogP contribution >= 0.6 is 0 Å². The average molecular weight is 307 g/mol. The van der Waals surface area contributed by atoms with Crippen LogP contribution in [0.25, 0.3) is 0 Å². The van der Waals surface area contributed by atoms with Crippen molar-refractivity contribution in [2.24, 2.45) is 0 Å². The second-order valence-corrected chi connectivity index (χ2v) is 5.99. The lowest BCUT2D eigenvalue weighted by molar-refractivity contribution is -0.125. The lowest BCUT2D eigenvalue weighted by Crippen LogP contribution is -2.37. The third-order valence-corrected chi connectivity index (χ3v) is 4.32. The molecule has 0 aromatic heterocycles. The maximum atomic E-state index is 13.1. The van der Waals surface area contributed by atoms with Crippen molar-refractivity contribution in [3.05, 3.63) is 35.6 Å². The summed E-state index contributed by atoms with van der Waals surface area (Å²) in [6, 6.07) is 6.05. The van der Waals surface area contributed by atoms with Crippen LogP contribution in [0.2, 0.25) is 0 Å². The molecule has 3 rings (SSSR count). The largest absolute Gasteiger partial charge is 0.378 e. The Morgan fingerprint density at radius 3 is 2.55 bits per heavy atom. The number of carbonyl (C=O) groups is 1. The van der Waals surface area contributed by atoms with Crippen molar-refractivity contribution in [3.8, 4) is 0 Å². The van der Waals surface area contributed by atoms with Crippen LogP contribution in [0.1, 0.15) is 43.7 Å². The average Bonchev–Trinajstić information content (AvgIpc) is 3.19. The van der Waals surface area contributed by atoms with Gasteiger partial charge < -0.3 is 14.8 Å². The Hall–Kier alpha value is -1.46. The number of carbonyl (C=O) groups excluding carboxylic acids is 1. The molecule has 2 saturated heterocycles. The van der Waals surface area contributed by atoms with E-state index in [0.29, 0.717) is 13.0 Å². The highest BCUT2D eigenvalue weighted by Gasteiger charge is 2.29. The highest BCUT2D eigenvalue weighted by atomic mass is 19.1. The topological polar surface area (TPSA) is 47.6 Å². The first kappa shape index (κ1) is 15.4. The van der Waals surface area contributed by atoms with E-state index in [1.54, 1.807) is 12.1 Å². The first-order valence-corrected chi connectivity index (χ1v) is 8.00. The minimum absolute atomic E-state index is 0.0263. The molecule has 0 spiro atoms. The van der Waals surface area contributed by atoms with Gasteiger partial charge in [0.1, 0.15) is 5.82 Å². The van der Waals surface area contributed by atoms with Crippen molar-refractivity contribution < 1.29 is 18.7 Å². The zero-order chi connectivity index (χ0) is 15.4. The lowest BCUT2D eigenvalue weighted by Gasteiger charge is -2.25. The molecule has 0 saturated carbocycles. The summed E-state index contributed by atoms with van der Waals surface area (Å²) in [4.78, 5) is 12.3. The van der Waals surface area contributed by atoms with E-state index in [9.17, 15) is 9.18 Å². The van der Waals surface area contributed by atoms with E-state index in [4.69, 9.17) is 9.47 Å².